The van der Waals surface area contributed by atoms with E-state index in [0.29, 0.717) is 0 Å². The fourth-order valence-corrected chi connectivity index (χ4v) is 4.96. The summed E-state index contributed by atoms with van der Waals surface area (Å²) in [4.78, 5) is 0. The van der Waals surface area contributed by atoms with Crippen molar-refractivity contribution in [1.29, 1.82) is 0 Å². The van der Waals surface area contributed by atoms with Gasteiger partial charge >= 0.3 is 0 Å². The minimum Gasteiger partial charge on any atom is -0.0622 e. The maximum atomic E-state index is 2.59. The van der Waals surface area contributed by atoms with Crippen LogP contribution < -0.4 is 0 Å². The van der Waals surface area contributed by atoms with Crippen molar-refractivity contribution < 1.29 is 0 Å². The highest BCUT2D eigenvalue weighted by atomic mass is 14.6. The molecule has 0 saturated heterocycles. The summed E-state index contributed by atoms with van der Waals surface area (Å²) in [6.07, 6.45) is 7.78. The summed E-state index contributed by atoms with van der Waals surface area (Å²) < 4.78 is 0. The van der Waals surface area contributed by atoms with Crippen LogP contribution in [0.3, 0.4) is 0 Å². The van der Waals surface area contributed by atoms with Gasteiger partial charge in [0.05, 0.1) is 0 Å². The molecule has 0 heterocycles. The molecule has 0 aromatic carbocycles. The third-order valence-electron chi connectivity index (χ3n) is 5.43. The van der Waals surface area contributed by atoms with Crippen LogP contribution in [0.25, 0.3) is 0 Å². The Morgan fingerprint density at radius 2 is 2.00 bits per heavy atom. The first kappa shape index (κ1) is 7.41. The summed E-state index contributed by atoms with van der Waals surface area (Å²) >= 11 is 0. The van der Waals surface area contributed by atoms with Crippen molar-refractivity contribution in [2.75, 3.05) is 0 Å². The van der Waals surface area contributed by atoms with E-state index >= 15 is 0 Å². The van der Waals surface area contributed by atoms with Crippen LogP contribution in [-0.2, 0) is 0 Å². The van der Waals surface area contributed by atoms with E-state index in [1.165, 1.54) is 6.42 Å². The predicted octanol–water partition coefficient (Wildman–Crippen LogP) is 3.47. The number of hydrogen-bond acceptors (Lipinski definition) is 0. The molecule has 0 radical (unpaired) electrons. The van der Waals surface area contributed by atoms with Crippen molar-refractivity contribution >= 4 is 0 Å². The highest BCUT2D eigenvalue weighted by Gasteiger charge is 2.59. The zero-order valence-corrected chi connectivity index (χ0v) is 8.34. The van der Waals surface area contributed by atoms with Gasteiger partial charge in [-0.25, -0.2) is 0 Å². The summed E-state index contributed by atoms with van der Waals surface area (Å²) in [6, 6.07) is 0. The zero-order chi connectivity index (χ0) is 8.34. The first-order valence-corrected chi connectivity index (χ1v) is 5.72. The van der Waals surface area contributed by atoms with Crippen LogP contribution in [0.1, 0.15) is 46.0 Å². The molecule has 3 saturated carbocycles. The van der Waals surface area contributed by atoms with E-state index in [4.69, 9.17) is 0 Å². The molecule has 0 nitrogen and oxygen atoms in total. The monoisotopic (exact) mass is 164 g/mol. The topological polar surface area (TPSA) is 0 Å². The molecule has 0 heteroatoms. The van der Waals surface area contributed by atoms with Crippen LogP contribution in [0.2, 0.25) is 0 Å². The summed E-state index contributed by atoms with van der Waals surface area (Å²) in [7, 11) is 0. The maximum Gasteiger partial charge on any atom is -0.0264 e. The lowest BCUT2D eigenvalue weighted by molar-refractivity contribution is 0.114. The normalized spacial score (nSPS) is 62.5. The van der Waals surface area contributed by atoms with Gasteiger partial charge in [-0.15, -0.1) is 0 Å². The van der Waals surface area contributed by atoms with Crippen molar-refractivity contribution in [3.05, 3.63) is 0 Å². The number of rotatable bonds is 0. The van der Waals surface area contributed by atoms with Crippen LogP contribution in [0, 0.1) is 29.1 Å². The van der Waals surface area contributed by atoms with E-state index in [1.807, 2.05) is 0 Å². The quantitative estimate of drug-likeness (QED) is 0.514. The lowest BCUT2D eigenvalue weighted by Crippen LogP contribution is -2.30. The van der Waals surface area contributed by atoms with Gasteiger partial charge in [0.1, 0.15) is 0 Å². The standard InChI is InChI=1S/C12H20/c1-8-5-6-12(2)10-4-3-9(7-10)11(8)12/h8-11H,3-7H2,1-2H3. The van der Waals surface area contributed by atoms with Crippen molar-refractivity contribution in [3.63, 3.8) is 0 Å². The molecule has 0 aliphatic heterocycles. The Morgan fingerprint density at radius 1 is 1.17 bits per heavy atom. The molecule has 3 fully saturated rings. The van der Waals surface area contributed by atoms with E-state index in [1.54, 1.807) is 25.7 Å². The van der Waals surface area contributed by atoms with Crippen molar-refractivity contribution in [3.8, 4) is 0 Å². The zero-order valence-electron chi connectivity index (χ0n) is 8.34. The Hall–Kier alpha value is 0. The fourth-order valence-electron chi connectivity index (χ4n) is 4.96. The molecule has 0 amide bonds. The molecule has 0 aromatic heterocycles. The molecular formula is C12H20. The molecule has 0 N–H and O–H groups in total. The van der Waals surface area contributed by atoms with Crippen LogP contribution in [0.15, 0.2) is 0 Å². The fraction of sp³-hybridized carbons (Fsp3) is 1.00. The smallest absolute Gasteiger partial charge is 0.0264 e. The number of hydrogen-bond donors (Lipinski definition) is 0. The highest BCUT2D eigenvalue weighted by Crippen LogP contribution is 2.67. The van der Waals surface area contributed by atoms with E-state index in [9.17, 15) is 0 Å². The molecule has 0 spiro atoms. The van der Waals surface area contributed by atoms with Crippen LogP contribution in [-0.4, -0.2) is 0 Å². The Kier molecular flexibility index (Phi) is 1.28. The molecule has 5 unspecified atom stereocenters. The minimum absolute atomic E-state index is 0.794. The molecule has 5 atom stereocenters. The minimum atomic E-state index is 0.794. The lowest BCUT2D eigenvalue weighted by Gasteiger charge is -2.37. The molecule has 0 aromatic rings. The predicted molar refractivity (Wildman–Crippen MR) is 50.8 cm³/mol. The van der Waals surface area contributed by atoms with Crippen LogP contribution in [0.4, 0.5) is 0 Å². The van der Waals surface area contributed by atoms with Gasteiger partial charge in [0.2, 0.25) is 0 Å². The SMILES string of the molecule is CC1CCC2(C)C3CCC(C3)C12. The third-order valence-corrected chi connectivity index (χ3v) is 5.43. The summed E-state index contributed by atoms with van der Waals surface area (Å²) in [5, 5.41) is 0. The van der Waals surface area contributed by atoms with Crippen LogP contribution in [0.5, 0.6) is 0 Å². The van der Waals surface area contributed by atoms with Gasteiger partial charge in [-0.05, 0) is 61.2 Å². The Morgan fingerprint density at radius 3 is 2.75 bits per heavy atom. The van der Waals surface area contributed by atoms with Gasteiger partial charge in [-0.2, -0.15) is 0 Å². The van der Waals surface area contributed by atoms with Gasteiger partial charge in [0, 0.05) is 0 Å². The van der Waals surface area contributed by atoms with Gasteiger partial charge in [-0.3, -0.25) is 0 Å². The van der Waals surface area contributed by atoms with Gasteiger partial charge in [0.25, 0.3) is 0 Å². The van der Waals surface area contributed by atoms with Gasteiger partial charge < -0.3 is 0 Å². The van der Waals surface area contributed by atoms with E-state index in [-0.39, 0.29) is 0 Å². The van der Waals surface area contributed by atoms with Crippen molar-refractivity contribution in [2.45, 2.75) is 46.0 Å². The van der Waals surface area contributed by atoms with E-state index < -0.39 is 0 Å². The lowest BCUT2D eigenvalue weighted by atomic mass is 9.68. The second-order valence-corrected chi connectivity index (χ2v) is 5.82. The average molecular weight is 164 g/mol. The van der Waals surface area contributed by atoms with Gasteiger partial charge in [-0.1, -0.05) is 13.8 Å². The summed E-state index contributed by atoms with van der Waals surface area (Å²) in [5.41, 5.74) is 0.794. The van der Waals surface area contributed by atoms with Gasteiger partial charge in [0.15, 0.2) is 0 Å². The summed E-state index contributed by atoms with van der Waals surface area (Å²) in [6.45, 7) is 5.08. The second kappa shape index (κ2) is 2.08. The molecule has 3 aliphatic carbocycles. The molecule has 3 aliphatic rings. The molecule has 68 valence electrons. The van der Waals surface area contributed by atoms with Crippen molar-refractivity contribution in [1.82, 2.24) is 0 Å². The first-order chi connectivity index (χ1) is 5.72. The van der Waals surface area contributed by atoms with E-state index in [0.717, 1.165) is 29.1 Å². The molecule has 12 heavy (non-hydrogen) atoms. The molecule has 3 rings (SSSR count). The third kappa shape index (κ3) is 0.661. The Bertz CT molecular complexity index is 208. The summed E-state index contributed by atoms with van der Waals surface area (Å²) in [5.74, 6) is 4.43. The Balaban J connectivity index is 1.99. The molecule has 2 bridgehead atoms. The number of fused-ring (bicyclic) bond motifs is 5. The molecular weight excluding hydrogens is 144 g/mol. The second-order valence-electron chi connectivity index (χ2n) is 5.82. The first-order valence-electron chi connectivity index (χ1n) is 5.72. The van der Waals surface area contributed by atoms with Crippen LogP contribution >= 0.6 is 0 Å². The maximum absolute atomic E-state index is 2.59. The van der Waals surface area contributed by atoms with E-state index in [2.05, 4.69) is 13.8 Å². The largest absolute Gasteiger partial charge is 0.0622 e. The Labute approximate surface area is 75.7 Å². The van der Waals surface area contributed by atoms with Crippen molar-refractivity contribution in [2.24, 2.45) is 29.1 Å². The highest BCUT2D eigenvalue weighted by molar-refractivity contribution is 5.08. The average Bonchev–Trinajstić information content (AvgIpc) is 2.63.